The van der Waals surface area contributed by atoms with Crippen LogP contribution in [0, 0.1) is 0 Å². The van der Waals surface area contributed by atoms with Crippen LogP contribution in [0.3, 0.4) is 0 Å². The van der Waals surface area contributed by atoms with Crippen molar-refractivity contribution >= 4 is 39.1 Å². The Labute approximate surface area is 183 Å². The minimum absolute atomic E-state index is 0.561. The van der Waals surface area contributed by atoms with Gasteiger partial charge in [0.2, 0.25) is 0 Å². The monoisotopic (exact) mass is 427 g/mol. The average Bonchev–Trinajstić information content (AvgIpc) is 3.49. The summed E-state index contributed by atoms with van der Waals surface area (Å²) in [7, 11) is 1.66. The molecular weight excluding hydrogens is 410 g/mol. The van der Waals surface area contributed by atoms with Crippen LogP contribution in [0.4, 0.5) is 0 Å². The molecule has 0 aliphatic heterocycles. The molecule has 0 amide bonds. The van der Waals surface area contributed by atoms with Crippen molar-refractivity contribution in [2.75, 3.05) is 7.11 Å². The van der Waals surface area contributed by atoms with Crippen LogP contribution in [0.15, 0.2) is 83.5 Å². The van der Waals surface area contributed by atoms with E-state index in [2.05, 4.69) is 50.7 Å². The first-order valence-electron chi connectivity index (χ1n) is 9.99. The summed E-state index contributed by atoms with van der Waals surface area (Å²) in [6.07, 6.45) is 2.16. The minimum Gasteiger partial charge on any atom is -0.497 e. The quantitative estimate of drug-likeness (QED) is 0.326. The van der Waals surface area contributed by atoms with E-state index in [1.54, 1.807) is 7.11 Å². The molecule has 5 nitrogen and oxygen atoms in total. The van der Waals surface area contributed by atoms with Crippen molar-refractivity contribution in [2.45, 2.75) is 6.54 Å². The maximum atomic E-state index is 6.32. The Bertz CT molecular complexity index is 1560. The zero-order valence-electron chi connectivity index (χ0n) is 16.7. The first-order chi connectivity index (χ1) is 15.2. The lowest BCUT2D eigenvalue weighted by atomic mass is 10.1. The highest BCUT2D eigenvalue weighted by Gasteiger charge is 2.17. The van der Waals surface area contributed by atoms with Gasteiger partial charge in [0.25, 0.3) is 0 Å². The molecule has 3 aromatic heterocycles. The number of methoxy groups -OCH3 is 1. The van der Waals surface area contributed by atoms with Crippen molar-refractivity contribution < 1.29 is 9.26 Å². The van der Waals surface area contributed by atoms with Gasteiger partial charge in [0.05, 0.1) is 24.7 Å². The second-order valence-electron chi connectivity index (χ2n) is 7.54. The highest BCUT2D eigenvalue weighted by Crippen LogP contribution is 2.32. The number of imidazole rings is 1. The lowest BCUT2D eigenvalue weighted by Crippen LogP contribution is -1.98. The number of hydrogen-bond acceptors (Lipinski definition) is 3. The van der Waals surface area contributed by atoms with E-state index in [9.17, 15) is 0 Å². The lowest BCUT2D eigenvalue weighted by Gasteiger charge is -2.04. The van der Waals surface area contributed by atoms with Gasteiger partial charge in [-0.2, -0.15) is 0 Å². The van der Waals surface area contributed by atoms with Gasteiger partial charge in [0, 0.05) is 33.6 Å². The van der Waals surface area contributed by atoms with E-state index in [4.69, 9.17) is 20.9 Å². The third kappa shape index (κ3) is 2.89. The molecule has 0 fully saturated rings. The maximum absolute atomic E-state index is 6.32. The third-order valence-corrected chi connectivity index (χ3v) is 5.94. The van der Waals surface area contributed by atoms with Crippen molar-refractivity contribution in [1.29, 1.82) is 0 Å². The number of halogens is 1. The Kier molecular flexibility index (Phi) is 4.04. The van der Waals surface area contributed by atoms with Crippen LogP contribution in [-0.4, -0.2) is 21.2 Å². The molecule has 6 aromatic rings. The standard InChI is InChI=1S/C25H18ClN3O2/c1-30-19-9-6-16(7-10-19)22-13-20(31-27-22)15-29-23-11-8-18(26)12-24(23)28-14-17-4-2-3-5-21(17)25(28)29/h2-14H,15H2,1H3. The SMILES string of the molecule is COc1ccc(-c2cc(Cn3c4ccc(Cl)cc4n4cc5ccccc5c34)on2)cc1. The molecule has 0 bridgehead atoms. The molecule has 6 heteroatoms. The van der Waals surface area contributed by atoms with Gasteiger partial charge in [0.1, 0.15) is 17.1 Å². The lowest BCUT2D eigenvalue weighted by molar-refractivity contribution is 0.380. The first kappa shape index (κ1) is 18.1. The van der Waals surface area contributed by atoms with E-state index in [1.165, 1.54) is 10.8 Å². The number of nitrogens with zero attached hydrogens (tertiary/aromatic N) is 3. The van der Waals surface area contributed by atoms with Crippen molar-refractivity contribution in [3.63, 3.8) is 0 Å². The van der Waals surface area contributed by atoms with Crippen LogP contribution >= 0.6 is 11.6 Å². The minimum atomic E-state index is 0.561. The summed E-state index contributed by atoms with van der Waals surface area (Å²) < 4.78 is 15.4. The van der Waals surface area contributed by atoms with Gasteiger partial charge in [0.15, 0.2) is 5.76 Å². The van der Waals surface area contributed by atoms with E-state index >= 15 is 0 Å². The molecule has 152 valence electrons. The molecular formula is C25H18ClN3O2. The molecule has 0 saturated carbocycles. The third-order valence-electron chi connectivity index (χ3n) is 5.70. The van der Waals surface area contributed by atoms with Crippen LogP contribution in [0.25, 0.3) is 38.7 Å². The number of ether oxygens (including phenoxy) is 1. The Hall–Kier alpha value is -3.70. The van der Waals surface area contributed by atoms with Gasteiger partial charge >= 0.3 is 0 Å². The van der Waals surface area contributed by atoms with Gasteiger partial charge in [-0.1, -0.05) is 41.0 Å². The molecule has 6 rings (SSSR count). The van der Waals surface area contributed by atoms with Crippen LogP contribution in [0.2, 0.25) is 5.02 Å². The normalized spacial score (nSPS) is 11.7. The fourth-order valence-corrected chi connectivity index (χ4v) is 4.40. The Morgan fingerprint density at radius 3 is 2.65 bits per heavy atom. The van der Waals surface area contributed by atoms with Crippen LogP contribution in [0.5, 0.6) is 5.75 Å². The average molecular weight is 428 g/mol. The summed E-state index contributed by atoms with van der Waals surface area (Å²) in [6, 6.07) is 24.2. The van der Waals surface area contributed by atoms with Gasteiger partial charge < -0.3 is 13.8 Å². The zero-order chi connectivity index (χ0) is 20.9. The summed E-state index contributed by atoms with van der Waals surface area (Å²) in [5.74, 6) is 1.60. The molecule has 0 aliphatic carbocycles. The molecule has 0 radical (unpaired) electrons. The fourth-order valence-electron chi connectivity index (χ4n) is 4.24. The molecule has 31 heavy (non-hydrogen) atoms. The van der Waals surface area contributed by atoms with Crippen LogP contribution in [0.1, 0.15) is 5.76 Å². The summed E-state index contributed by atoms with van der Waals surface area (Å²) >= 11 is 6.32. The molecule has 0 atom stereocenters. The molecule has 3 heterocycles. The molecule has 0 spiro atoms. The molecule has 3 aromatic carbocycles. The van der Waals surface area contributed by atoms with E-state index < -0.39 is 0 Å². The summed E-state index contributed by atoms with van der Waals surface area (Å²) in [5.41, 5.74) is 5.04. The van der Waals surface area contributed by atoms with Gasteiger partial charge in [-0.05, 0) is 42.5 Å². The van der Waals surface area contributed by atoms with E-state index in [0.717, 1.165) is 39.4 Å². The van der Waals surface area contributed by atoms with Crippen molar-refractivity contribution in [3.8, 4) is 17.0 Å². The Morgan fingerprint density at radius 2 is 1.81 bits per heavy atom. The topological polar surface area (TPSA) is 44.6 Å². The maximum Gasteiger partial charge on any atom is 0.157 e. The highest BCUT2D eigenvalue weighted by molar-refractivity contribution is 6.31. The van der Waals surface area contributed by atoms with Crippen LogP contribution < -0.4 is 4.74 Å². The first-order valence-corrected chi connectivity index (χ1v) is 10.4. The second-order valence-corrected chi connectivity index (χ2v) is 7.97. The molecule has 0 saturated heterocycles. The number of rotatable bonds is 4. The number of hydrogen-bond donors (Lipinski definition) is 0. The smallest absolute Gasteiger partial charge is 0.157 e. The van der Waals surface area contributed by atoms with Gasteiger partial charge in [-0.25, -0.2) is 0 Å². The summed E-state index contributed by atoms with van der Waals surface area (Å²) in [6.45, 7) is 0.561. The van der Waals surface area contributed by atoms with Crippen molar-refractivity contribution in [3.05, 3.63) is 89.8 Å². The van der Waals surface area contributed by atoms with Crippen LogP contribution in [-0.2, 0) is 6.54 Å². The second kappa shape index (κ2) is 6.93. The molecule has 0 unspecified atom stereocenters. The summed E-state index contributed by atoms with van der Waals surface area (Å²) in [4.78, 5) is 0. The van der Waals surface area contributed by atoms with Gasteiger partial charge in [-0.15, -0.1) is 0 Å². The number of benzene rings is 3. The highest BCUT2D eigenvalue weighted by atomic mass is 35.5. The van der Waals surface area contributed by atoms with Crippen molar-refractivity contribution in [2.24, 2.45) is 0 Å². The Balaban J connectivity index is 1.49. The zero-order valence-corrected chi connectivity index (χ0v) is 17.5. The fraction of sp³-hybridized carbons (Fsp3) is 0.0800. The van der Waals surface area contributed by atoms with E-state index in [-0.39, 0.29) is 0 Å². The number of aromatic nitrogens is 3. The number of fused-ring (bicyclic) bond motifs is 5. The largest absolute Gasteiger partial charge is 0.497 e. The molecule has 0 N–H and O–H groups in total. The van der Waals surface area contributed by atoms with E-state index in [1.807, 2.05) is 42.5 Å². The predicted molar refractivity (Wildman–Crippen MR) is 123 cm³/mol. The van der Waals surface area contributed by atoms with Gasteiger partial charge in [-0.3, -0.25) is 4.40 Å². The van der Waals surface area contributed by atoms with E-state index in [0.29, 0.717) is 11.6 Å². The van der Waals surface area contributed by atoms with Crippen molar-refractivity contribution in [1.82, 2.24) is 14.1 Å². The summed E-state index contributed by atoms with van der Waals surface area (Å²) in [5, 5.41) is 7.37. The molecule has 0 aliphatic rings. The Morgan fingerprint density at radius 1 is 0.968 bits per heavy atom. The predicted octanol–water partition coefficient (Wildman–Crippen LogP) is 6.41.